The molecule has 1 N–H and O–H groups in total. The molecule has 0 unspecified atom stereocenters. The van der Waals surface area contributed by atoms with Crippen molar-refractivity contribution in [3.63, 3.8) is 0 Å². The molecule has 18 heavy (non-hydrogen) atoms. The van der Waals surface area contributed by atoms with Crippen molar-refractivity contribution in [2.45, 2.75) is 38.9 Å². The summed E-state index contributed by atoms with van der Waals surface area (Å²) in [5, 5.41) is 0.817. The Balaban J connectivity index is 3.02. The molecule has 0 spiro atoms. The molecule has 5 heteroatoms. The molecule has 100 valence electrons. The second-order valence-corrected chi connectivity index (χ2v) is 10.1. The Bertz CT molecular complexity index is 404. The van der Waals surface area contributed by atoms with Crippen molar-refractivity contribution in [2.75, 3.05) is 0 Å². The van der Waals surface area contributed by atoms with Crippen LogP contribution in [0.5, 0.6) is 0 Å². The maximum atomic E-state index is 12.3. The summed E-state index contributed by atoms with van der Waals surface area (Å²) >= 11 is 12.1. The molecule has 1 aromatic rings. The maximum Gasteiger partial charge on any atom is 0.246 e. The van der Waals surface area contributed by atoms with Crippen molar-refractivity contribution in [3.8, 4) is 0 Å². The predicted octanol–water partition coefficient (Wildman–Crippen LogP) is 4.73. The fraction of sp³-hybridized carbons (Fsp3) is 0.462. The van der Waals surface area contributed by atoms with Gasteiger partial charge in [-0.3, -0.25) is 4.79 Å². The third-order valence-corrected chi connectivity index (χ3v) is 9.05. The second kappa shape index (κ2) is 6.59. The van der Waals surface area contributed by atoms with Crippen LogP contribution < -0.4 is 4.98 Å². The van der Waals surface area contributed by atoms with Crippen molar-refractivity contribution >= 4 is 37.3 Å². The summed E-state index contributed by atoms with van der Waals surface area (Å²) in [6, 6.07) is 8.19. The fourth-order valence-corrected chi connectivity index (χ4v) is 5.24. The molecule has 0 aromatic heterocycles. The van der Waals surface area contributed by atoms with Crippen LogP contribution in [0.4, 0.5) is 0 Å². The number of halogens is 2. The molecule has 0 aliphatic heterocycles. The zero-order valence-corrected chi connectivity index (χ0v) is 13.5. The number of nitrogens with one attached hydrogen (secondary N) is 1. The molecule has 0 bridgehead atoms. The minimum atomic E-state index is -1.73. The summed E-state index contributed by atoms with van der Waals surface area (Å²) < 4.78 is 0. The minimum Gasteiger partial charge on any atom is -0.378 e. The quantitative estimate of drug-likeness (QED) is 0.783. The highest BCUT2D eigenvalue weighted by molar-refractivity contribution is 6.79. The first kappa shape index (κ1) is 15.5. The van der Waals surface area contributed by atoms with Gasteiger partial charge >= 0.3 is 0 Å². The molecular weight excluding hydrogens is 285 g/mol. The molecule has 0 aliphatic rings. The van der Waals surface area contributed by atoms with E-state index in [1.54, 1.807) is 18.2 Å². The standard InChI is InChI=1S/C13H19Cl2NOSi/c1-4-18(5-2,6-3)16-13(17)12-10(14)8-7-9-11(12)15/h7-9H,4-6H2,1-3H3,(H,16,17). The first-order valence-corrected chi connectivity index (χ1v) is 9.64. The number of amides is 1. The topological polar surface area (TPSA) is 29.1 Å². The maximum absolute atomic E-state index is 12.3. The third-order valence-electron chi connectivity index (χ3n) is 3.60. The molecule has 1 rings (SSSR count). The van der Waals surface area contributed by atoms with Crippen molar-refractivity contribution in [1.82, 2.24) is 4.98 Å². The van der Waals surface area contributed by atoms with Crippen LogP contribution in [-0.2, 0) is 0 Å². The molecule has 2 nitrogen and oxygen atoms in total. The van der Waals surface area contributed by atoms with E-state index >= 15 is 0 Å². The van der Waals surface area contributed by atoms with Gasteiger partial charge in [-0.1, -0.05) is 50.0 Å². The molecule has 0 saturated carbocycles. The molecule has 0 heterocycles. The Labute approximate surface area is 120 Å². The lowest BCUT2D eigenvalue weighted by Crippen LogP contribution is -2.51. The zero-order chi connectivity index (χ0) is 13.8. The minimum absolute atomic E-state index is 0.136. The average molecular weight is 304 g/mol. The predicted molar refractivity (Wildman–Crippen MR) is 81.1 cm³/mol. The van der Waals surface area contributed by atoms with Crippen molar-refractivity contribution in [1.29, 1.82) is 0 Å². The third kappa shape index (κ3) is 3.28. The summed E-state index contributed by atoms with van der Waals surface area (Å²) in [5.74, 6) is -0.136. The van der Waals surface area contributed by atoms with E-state index in [9.17, 15) is 4.79 Å². The summed E-state index contributed by atoms with van der Waals surface area (Å²) in [6.07, 6.45) is 0. The first-order valence-electron chi connectivity index (χ1n) is 6.26. The smallest absolute Gasteiger partial charge is 0.246 e. The second-order valence-electron chi connectivity index (χ2n) is 4.39. The Morgan fingerprint density at radius 3 is 1.94 bits per heavy atom. The molecule has 0 radical (unpaired) electrons. The molecule has 0 fully saturated rings. The Kier molecular flexibility index (Phi) is 5.69. The number of rotatable bonds is 5. The molecule has 1 aromatic carbocycles. The summed E-state index contributed by atoms with van der Waals surface area (Å²) in [5.41, 5.74) is 0.396. The summed E-state index contributed by atoms with van der Waals surface area (Å²) in [4.78, 5) is 15.5. The van der Waals surface area contributed by atoms with E-state index in [4.69, 9.17) is 23.2 Å². The van der Waals surface area contributed by atoms with E-state index in [1.807, 2.05) is 0 Å². The van der Waals surface area contributed by atoms with Crippen LogP contribution >= 0.6 is 23.2 Å². The summed E-state index contributed by atoms with van der Waals surface area (Å²) in [6.45, 7) is 6.40. The number of hydrogen-bond acceptors (Lipinski definition) is 1. The first-order chi connectivity index (χ1) is 8.49. The monoisotopic (exact) mass is 303 g/mol. The van der Waals surface area contributed by atoms with Gasteiger partial charge in [-0.2, -0.15) is 0 Å². The van der Waals surface area contributed by atoms with E-state index in [1.165, 1.54) is 0 Å². The lowest BCUT2D eigenvalue weighted by atomic mass is 10.2. The molecule has 1 amide bonds. The van der Waals surface area contributed by atoms with Crippen LogP contribution in [0.3, 0.4) is 0 Å². The van der Waals surface area contributed by atoms with Gasteiger partial charge in [0.15, 0.2) is 8.24 Å². The van der Waals surface area contributed by atoms with Gasteiger partial charge in [0.05, 0.1) is 15.6 Å². The van der Waals surface area contributed by atoms with E-state index in [0.717, 1.165) is 18.1 Å². The fourth-order valence-electron chi connectivity index (χ4n) is 2.03. The average Bonchev–Trinajstić information content (AvgIpc) is 2.36. The van der Waals surface area contributed by atoms with Gasteiger partial charge in [-0.05, 0) is 30.3 Å². The van der Waals surface area contributed by atoms with Crippen LogP contribution in [-0.4, -0.2) is 14.1 Å². The van der Waals surface area contributed by atoms with E-state index < -0.39 is 8.24 Å². The number of carbonyl (C=O) groups is 1. The van der Waals surface area contributed by atoms with Gasteiger partial charge in [0.2, 0.25) is 5.91 Å². The number of benzene rings is 1. The highest BCUT2D eigenvalue weighted by atomic mass is 35.5. The van der Waals surface area contributed by atoms with Crippen molar-refractivity contribution in [3.05, 3.63) is 33.8 Å². The number of carbonyl (C=O) groups excluding carboxylic acids is 1. The van der Waals surface area contributed by atoms with E-state index in [2.05, 4.69) is 25.8 Å². The molecule has 0 saturated heterocycles. The highest BCUT2D eigenvalue weighted by Gasteiger charge is 2.30. The van der Waals surface area contributed by atoms with Gasteiger partial charge in [0, 0.05) is 0 Å². The Morgan fingerprint density at radius 2 is 1.56 bits per heavy atom. The lowest BCUT2D eigenvalue weighted by Gasteiger charge is -2.29. The van der Waals surface area contributed by atoms with Crippen molar-refractivity contribution in [2.24, 2.45) is 0 Å². The Hall–Kier alpha value is -0.513. The molecule has 0 aliphatic carbocycles. The molecular formula is C13H19Cl2NOSi. The van der Waals surface area contributed by atoms with Crippen LogP contribution in [0.15, 0.2) is 18.2 Å². The van der Waals surface area contributed by atoms with Gasteiger partial charge in [0.25, 0.3) is 0 Å². The van der Waals surface area contributed by atoms with Crippen molar-refractivity contribution < 1.29 is 4.79 Å². The SMILES string of the molecule is CC[Si](CC)(CC)NC(=O)c1c(Cl)cccc1Cl. The zero-order valence-electron chi connectivity index (χ0n) is 11.0. The number of hydrogen-bond donors (Lipinski definition) is 1. The van der Waals surface area contributed by atoms with Crippen LogP contribution in [0, 0.1) is 0 Å². The largest absolute Gasteiger partial charge is 0.378 e. The summed E-state index contributed by atoms with van der Waals surface area (Å²) in [7, 11) is -1.73. The van der Waals surface area contributed by atoms with Crippen LogP contribution in [0.25, 0.3) is 0 Å². The van der Waals surface area contributed by atoms with E-state index in [0.29, 0.717) is 15.6 Å². The molecule has 0 atom stereocenters. The Morgan fingerprint density at radius 1 is 1.11 bits per heavy atom. The van der Waals surface area contributed by atoms with Crippen LogP contribution in [0.1, 0.15) is 31.1 Å². The van der Waals surface area contributed by atoms with Gasteiger partial charge in [0.1, 0.15) is 0 Å². The normalized spacial score (nSPS) is 11.4. The lowest BCUT2D eigenvalue weighted by molar-refractivity contribution is 0.0977. The highest BCUT2D eigenvalue weighted by Crippen LogP contribution is 2.25. The van der Waals surface area contributed by atoms with Crippen LogP contribution in [0.2, 0.25) is 28.2 Å². The van der Waals surface area contributed by atoms with Gasteiger partial charge in [-0.25, -0.2) is 0 Å². The van der Waals surface area contributed by atoms with Gasteiger partial charge < -0.3 is 4.98 Å². The van der Waals surface area contributed by atoms with E-state index in [-0.39, 0.29) is 5.91 Å². The van der Waals surface area contributed by atoms with Gasteiger partial charge in [-0.15, -0.1) is 0 Å².